The quantitative estimate of drug-likeness (QED) is 0.180. The minimum atomic E-state index is -0.904. The highest BCUT2D eigenvalue weighted by Crippen LogP contribution is 2.13. The number of aliphatic carboxylic acids is 1. The third-order valence-corrected chi connectivity index (χ3v) is 3.64. The molecule has 26 heavy (non-hydrogen) atoms. The molecule has 0 fully saturated rings. The fraction of sp³-hybridized carbons (Fsp3) is 0.550. The number of carboxylic acids is 1. The predicted octanol–water partition coefficient (Wildman–Crippen LogP) is 3.93. The SMILES string of the molecule is CCCCC/C(O)=C(\O)CC(O)/C=C/C=C/C=C/C(O)CCCC(=O)O. The van der Waals surface area contributed by atoms with Crippen molar-refractivity contribution in [1.82, 2.24) is 0 Å². The third kappa shape index (κ3) is 14.3. The molecule has 0 amide bonds. The number of rotatable bonds is 14. The Bertz CT molecular complexity index is 504. The van der Waals surface area contributed by atoms with Gasteiger partial charge in [-0.25, -0.2) is 0 Å². The number of aliphatic hydroxyl groups is 4. The first-order valence-electron chi connectivity index (χ1n) is 9.06. The molecule has 0 aromatic carbocycles. The number of hydrogen-bond donors (Lipinski definition) is 5. The number of unbranched alkanes of at least 4 members (excludes halogenated alkanes) is 2. The summed E-state index contributed by atoms with van der Waals surface area (Å²) in [5.74, 6) is -1.13. The van der Waals surface area contributed by atoms with Gasteiger partial charge in [0, 0.05) is 19.3 Å². The lowest BCUT2D eigenvalue weighted by molar-refractivity contribution is -0.137. The summed E-state index contributed by atoms with van der Waals surface area (Å²) in [6.07, 6.45) is 12.0. The second-order valence-corrected chi connectivity index (χ2v) is 6.13. The van der Waals surface area contributed by atoms with Crippen molar-refractivity contribution < 1.29 is 30.3 Å². The van der Waals surface area contributed by atoms with Gasteiger partial charge in [0.2, 0.25) is 0 Å². The zero-order valence-corrected chi connectivity index (χ0v) is 15.4. The van der Waals surface area contributed by atoms with E-state index >= 15 is 0 Å². The maximum Gasteiger partial charge on any atom is 0.303 e. The number of carbonyl (C=O) groups is 1. The highest BCUT2D eigenvalue weighted by Gasteiger charge is 2.08. The maximum atomic E-state index is 10.4. The van der Waals surface area contributed by atoms with Gasteiger partial charge >= 0.3 is 5.97 Å². The predicted molar refractivity (Wildman–Crippen MR) is 102 cm³/mol. The lowest BCUT2D eigenvalue weighted by atomic mass is 10.1. The molecular weight excluding hydrogens is 336 g/mol. The van der Waals surface area contributed by atoms with Gasteiger partial charge in [-0.2, -0.15) is 0 Å². The molecule has 0 aliphatic carbocycles. The zero-order valence-electron chi connectivity index (χ0n) is 15.4. The van der Waals surface area contributed by atoms with E-state index in [1.165, 1.54) is 6.08 Å². The molecule has 2 unspecified atom stereocenters. The molecule has 2 atom stereocenters. The van der Waals surface area contributed by atoms with Gasteiger partial charge in [-0.15, -0.1) is 0 Å². The Morgan fingerprint density at radius 2 is 1.42 bits per heavy atom. The van der Waals surface area contributed by atoms with Gasteiger partial charge in [0.05, 0.1) is 12.2 Å². The number of allylic oxidation sites excluding steroid dienone is 5. The molecule has 0 aliphatic heterocycles. The Balaban J connectivity index is 4.14. The van der Waals surface area contributed by atoms with Gasteiger partial charge in [-0.05, 0) is 19.3 Å². The fourth-order valence-corrected chi connectivity index (χ4v) is 2.14. The molecule has 0 spiro atoms. The van der Waals surface area contributed by atoms with Crippen molar-refractivity contribution in [2.75, 3.05) is 0 Å². The minimum Gasteiger partial charge on any atom is -0.509 e. The van der Waals surface area contributed by atoms with Crippen molar-refractivity contribution >= 4 is 5.97 Å². The average molecular weight is 368 g/mol. The molecule has 0 bridgehead atoms. The van der Waals surface area contributed by atoms with E-state index in [-0.39, 0.29) is 24.4 Å². The topological polar surface area (TPSA) is 118 Å². The van der Waals surface area contributed by atoms with Crippen LogP contribution in [-0.2, 0) is 4.79 Å². The summed E-state index contributed by atoms with van der Waals surface area (Å²) in [4.78, 5) is 10.4. The molecule has 0 saturated heterocycles. The summed E-state index contributed by atoms with van der Waals surface area (Å²) in [6.45, 7) is 2.05. The van der Waals surface area contributed by atoms with Gasteiger partial charge in [-0.1, -0.05) is 56.2 Å². The number of hydrogen-bond acceptors (Lipinski definition) is 5. The monoisotopic (exact) mass is 368 g/mol. The molecule has 0 aromatic heterocycles. The Hall–Kier alpha value is -2.05. The summed E-state index contributed by atoms with van der Waals surface area (Å²) in [7, 11) is 0. The van der Waals surface area contributed by atoms with Crippen molar-refractivity contribution in [1.29, 1.82) is 0 Å². The van der Waals surface area contributed by atoms with E-state index in [1.54, 1.807) is 30.4 Å². The lowest BCUT2D eigenvalue weighted by Crippen LogP contribution is -2.05. The molecule has 0 radical (unpaired) electrons. The van der Waals surface area contributed by atoms with E-state index in [4.69, 9.17) is 5.11 Å². The van der Waals surface area contributed by atoms with Crippen LogP contribution in [0.5, 0.6) is 0 Å². The highest BCUT2D eigenvalue weighted by molar-refractivity contribution is 5.66. The summed E-state index contributed by atoms with van der Waals surface area (Å²) in [6, 6.07) is 0. The molecule has 6 heteroatoms. The van der Waals surface area contributed by atoms with E-state index in [1.807, 2.05) is 0 Å². The average Bonchev–Trinajstić information content (AvgIpc) is 2.57. The number of aliphatic hydroxyl groups excluding tert-OH is 4. The smallest absolute Gasteiger partial charge is 0.303 e. The molecule has 0 aliphatic rings. The second kappa shape index (κ2) is 15.2. The van der Waals surface area contributed by atoms with E-state index in [0.717, 1.165) is 19.3 Å². The first kappa shape index (κ1) is 23.9. The zero-order chi connectivity index (χ0) is 19.8. The third-order valence-electron chi connectivity index (χ3n) is 3.64. The van der Waals surface area contributed by atoms with Crippen LogP contribution in [0.4, 0.5) is 0 Å². The van der Waals surface area contributed by atoms with Crippen molar-refractivity contribution in [2.45, 2.75) is 70.5 Å². The molecule has 0 rings (SSSR count). The van der Waals surface area contributed by atoms with Crippen LogP contribution in [0.25, 0.3) is 0 Å². The number of carboxylic acid groups (broad SMARTS) is 1. The largest absolute Gasteiger partial charge is 0.509 e. The molecule has 0 heterocycles. The van der Waals surface area contributed by atoms with E-state index in [9.17, 15) is 25.2 Å². The summed E-state index contributed by atoms with van der Waals surface area (Å²) in [5, 5.41) is 47.3. The highest BCUT2D eigenvalue weighted by atomic mass is 16.4. The summed E-state index contributed by atoms with van der Waals surface area (Å²) >= 11 is 0. The maximum absolute atomic E-state index is 10.4. The first-order valence-corrected chi connectivity index (χ1v) is 9.06. The van der Waals surface area contributed by atoms with Crippen LogP contribution in [0.15, 0.2) is 48.0 Å². The standard InChI is InChI=1S/C20H32O6/c1-2-3-6-13-18(23)19(24)15-17(22)11-8-5-4-7-10-16(21)12-9-14-20(25)26/h4-5,7-8,10-11,16-17,21-24H,2-3,6,9,12-15H2,1H3,(H,25,26)/b5-4+,10-7+,11-8+,19-18+. The fourth-order valence-electron chi connectivity index (χ4n) is 2.14. The minimum absolute atomic E-state index is 0.0385. The van der Waals surface area contributed by atoms with Crippen LogP contribution in [-0.4, -0.2) is 43.7 Å². The van der Waals surface area contributed by atoms with Gasteiger partial charge in [0.25, 0.3) is 0 Å². The van der Waals surface area contributed by atoms with Crippen molar-refractivity contribution in [2.24, 2.45) is 0 Å². The van der Waals surface area contributed by atoms with Crippen molar-refractivity contribution in [3.05, 3.63) is 48.0 Å². The van der Waals surface area contributed by atoms with E-state index in [0.29, 0.717) is 19.3 Å². The normalized spacial score (nSPS) is 15.7. The molecule has 5 N–H and O–H groups in total. The summed E-state index contributed by atoms with van der Waals surface area (Å²) in [5.41, 5.74) is 0. The molecular formula is C20H32O6. The Labute approximate surface area is 155 Å². The van der Waals surface area contributed by atoms with Crippen LogP contribution in [0.3, 0.4) is 0 Å². The van der Waals surface area contributed by atoms with Crippen LogP contribution < -0.4 is 0 Å². The lowest BCUT2D eigenvalue weighted by Gasteiger charge is -2.07. The Kier molecular flexibility index (Phi) is 14.0. The van der Waals surface area contributed by atoms with Gasteiger partial charge < -0.3 is 25.5 Å². The van der Waals surface area contributed by atoms with Crippen LogP contribution in [0.1, 0.15) is 58.3 Å². The van der Waals surface area contributed by atoms with Crippen LogP contribution in [0, 0.1) is 0 Å². The van der Waals surface area contributed by atoms with E-state index in [2.05, 4.69) is 6.92 Å². The van der Waals surface area contributed by atoms with Gasteiger partial charge in [-0.3, -0.25) is 4.79 Å². The van der Waals surface area contributed by atoms with Gasteiger partial charge in [0.15, 0.2) is 0 Å². The Morgan fingerprint density at radius 3 is 2.00 bits per heavy atom. The first-order chi connectivity index (χ1) is 12.4. The van der Waals surface area contributed by atoms with E-state index < -0.39 is 18.2 Å². The second-order valence-electron chi connectivity index (χ2n) is 6.13. The molecule has 6 nitrogen and oxygen atoms in total. The Morgan fingerprint density at radius 1 is 0.808 bits per heavy atom. The van der Waals surface area contributed by atoms with Crippen molar-refractivity contribution in [3.63, 3.8) is 0 Å². The summed E-state index contributed by atoms with van der Waals surface area (Å²) < 4.78 is 0. The molecule has 0 saturated carbocycles. The van der Waals surface area contributed by atoms with Crippen molar-refractivity contribution in [3.8, 4) is 0 Å². The molecule has 0 aromatic rings. The van der Waals surface area contributed by atoms with Gasteiger partial charge in [0.1, 0.15) is 11.5 Å². The van der Waals surface area contributed by atoms with Crippen LogP contribution >= 0.6 is 0 Å². The van der Waals surface area contributed by atoms with Crippen LogP contribution in [0.2, 0.25) is 0 Å². The molecule has 148 valence electrons.